The number of ether oxygens (including phenoxy) is 1. The molecule has 3 nitrogen and oxygen atoms in total. The third kappa shape index (κ3) is 6.23. The lowest BCUT2D eigenvalue weighted by Gasteiger charge is -2.17. The summed E-state index contributed by atoms with van der Waals surface area (Å²) in [6, 6.07) is 6.26. The SMILES string of the molecule is C=CN=C1c2ccc(/C(C)=C/C)cc2OCCN1C.CC.CCC. The Hall–Kier alpha value is -2.03. The van der Waals surface area contributed by atoms with Crippen molar-refractivity contribution in [3.63, 3.8) is 0 Å². The highest BCUT2D eigenvalue weighted by Gasteiger charge is 2.19. The standard InChI is InChI=1S/C16H20N2O.C3H8.C2H6/c1-5-12(3)13-7-8-14-15(11-13)19-10-9-18(4)16(14)17-6-2;1-3-2;1-2/h5-8,11H,2,9-10H2,1,3-4H3;3H2,1-2H3;1-2H3/b12-5+,17-16?;;. The third-order valence-electron chi connectivity index (χ3n) is 3.37. The van der Waals surface area contributed by atoms with Crippen molar-refractivity contribution in [1.82, 2.24) is 4.90 Å². The Bertz CT molecular complexity index is 559. The van der Waals surface area contributed by atoms with Gasteiger partial charge in [0.1, 0.15) is 18.2 Å². The molecule has 0 saturated carbocycles. The molecule has 0 fully saturated rings. The Kier molecular flexibility index (Phi) is 11.4. The Morgan fingerprint density at radius 2 is 1.96 bits per heavy atom. The zero-order valence-electron chi connectivity index (χ0n) is 16.5. The summed E-state index contributed by atoms with van der Waals surface area (Å²) >= 11 is 0. The fourth-order valence-electron chi connectivity index (χ4n) is 2.10. The maximum Gasteiger partial charge on any atom is 0.139 e. The van der Waals surface area contributed by atoms with E-state index in [9.17, 15) is 0 Å². The molecule has 1 heterocycles. The molecular formula is C21H34N2O. The molecule has 1 aliphatic rings. The minimum atomic E-state index is 0.665. The van der Waals surface area contributed by atoms with Gasteiger partial charge in [-0.05, 0) is 37.1 Å². The number of hydrogen-bond donors (Lipinski definition) is 0. The first-order valence-electron chi connectivity index (χ1n) is 8.89. The van der Waals surface area contributed by atoms with Crippen molar-refractivity contribution in [1.29, 1.82) is 0 Å². The Morgan fingerprint density at radius 1 is 1.33 bits per heavy atom. The number of rotatable bonds is 2. The van der Waals surface area contributed by atoms with Crippen LogP contribution in [-0.2, 0) is 0 Å². The lowest BCUT2D eigenvalue weighted by Crippen LogP contribution is -2.28. The second kappa shape index (κ2) is 12.4. The van der Waals surface area contributed by atoms with Crippen molar-refractivity contribution >= 4 is 11.4 Å². The lowest BCUT2D eigenvalue weighted by molar-refractivity contribution is 0.294. The van der Waals surface area contributed by atoms with Crippen LogP contribution >= 0.6 is 0 Å². The monoisotopic (exact) mass is 330 g/mol. The molecule has 0 spiro atoms. The van der Waals surface area contributed by atoms with Crippen LogP contribution in [0.5, 0.6) is 5.75 Å². The van der Waals surface area contributed by atoms with Crippen LogP contribution in [0.3, 0.4) is 0 Å². The summed E-state index contributed by atoms with van der Waals surface area (Å²) in [6.07, 6.45) is 4.93. The first-order valence-corrected chi connectivity index (χ1v) is 8.89. The zero-order chi connectivity index (χ0) is 18.5. The summed E-state index contributed by atoms with van der Waals surface area (Å²) in [5, 5.41) is 0. The van der Waals surface area contributed by atoms with E-state index in [0.29, 0.717) is 6.61 Å². The topological polar surface area (TPSA) is 24.8 Å². The largest absolute Gasteiger partial charge is 0.491 e. The molecule has 0 bridgehead atoms. The molecule has 0 unspecified atom stereocenters. The van der Waals surface area contributed by atoms with Crippen molar-refractivity contribution in [2.45, 2.75) is 48.0 Å². The highest BCUT2D eigenvalue weighted by Crippen LogP contribution is 2.27. The molecular weight excluding hydrogens is 296 g/mol. The van der Waals surface area contributed by atoms with Crippen LogP contribution in [0.2, 0.25) is 0 Å². The van der Waals surface area contributed by atoms with Gasteiger partial charge in [0.2, 0.25) is 0 Å². The molecule has 0 N–H and O–H groups in total. The van der Waals surface area contributed by atoms with Crippen molar-refractivity contribution in [2.75, 3.05) is 20.2 Å². The van der Waals surface area contributed by atoms with E-state index in [0.717, 1.165) is 23.7 Å². The van der Waals surface area contributed by atoms with Gasteiger partial charge in [0.25, 0.3) is 0 Å². The first-order chi connectivity index (χ1) is 11.6. The van der Waals surface area contributed by atoms with E-state index in [2.05, 4.69) is 61.5 Å². The summed E-state index contributed by atoms with van der Waals surface area (Å²) in [5.41, 5.74) is 3.45. The van der Waals surface area contributed by atoms with Gasteiger partial charge in [-0.2, -0.15) is 0 Å². The van der Waals surface area contributed by atoms with E-state index >= 15 is 0 Å². The Morgan fingerprint density at radius 3 is 2.50 bits per heavy atom. The predicted octanol–water partition coefficient (Wildman–Crippen LogP) is 5.77. The van der Waals surface area contributed by atoms with Crippen LogP contribution < -0.4 is 4.74 Å². The van der Waals surface area contributed by atoms with Crippen LogP contribution in [-0.4, -0.2) is 30.9 Å². The molecule has 0 aromatic heterocycles. The average molecular weight is 331 g/mol. The van der Waals surface area contributed by atoms with Crippen LogP contribution in [0.25, 0.3) is 5.57 Å². The minimum Gasteiger partial charge on any atom is -0.491 e. The molecule has 3 heteroatoms. The summed E-state index contributed by atoms with van der Waals surface area (Å²) in [6.45, 7) is 17.6. The average Bonchev–Trinajstić information content (AvgIpc) is 2.76. The van der Waals surface area contributed by atoms with Gasteiger partial charge >= 0.3 is 0 Å². The van der Waals surface area contributed by atoms with Gasteiger partial charge in [0, 0.05) is 13.2 Å². The molecule has 0 saturated heterocycles. The van der Waals surface area contributed by atoms with E-state index in [1.165, 1.54) is 17.6 Å². The maximum absolute atomic E-state index is 5.85. The van der Waals surface area contributed by atoms with E-state index in [-0.39, 0.29) is 0 Å². The van der Waals surface area contributed by atoms with Crippen molar-refractivity contribution in [3.8, 4) is 5.75 Å². The van der Waals surface area contributed by atoms with Crippen molar-refractivity contribution < 1.29 is 4.74 Å². The molecule has 0 atom stereocenters. The highest BCUT2D eigenvalue weighted by molar-refractivity contribution is 6.02. The van der Waals surface area contributed by atoms with E-state index < -0.39 is 0 Å². The molecule has 24 heavy (non-hydrogen) atoms. The summed E-state index contributed by atoms with van der Waals surface area (Å²) in [7, 11) is 2.02. The van der Waals surface area contributed by atoms with Gasteiger partial charge in [-0.25, -0.2) is 4.99 Å². The number of likely N-dealkylation sites (N-methyl/N-ethyl adjacent to an activating group) is 1. The summed E-state index contributed by atoms with van der Waals surface area (Å²) in [4.78, 5) is 6.47. The number of allylic oxidation sites excluding steroid dienone is 2. The van der Waals surface area contributed by atoms with Crippen molar-refractivity contribution in [2.24, 2.45) is 4.99 Å². The number of nitrogens with zero attached hydrogens (tertiary/aromatic N) is 2. The second-order valence-electron chi connectivity index (χ2n) is 5.30. The van der Waals surface area contributed by atoms with Crippen LogP contribution in [0.15, 0.2) is 42.0 Å². The van der Waals surface area contributed by atoms with Gasteiger partial charge in [0.15, 0.2) is 0 Å². The fraction of sp³-hybridized carbons (Fsp3) is 0.476. The van der Waals surface area contributed by atoms with Crippen LogP contribution in [0.4, 0.5) is 0 Å². The number of fused-ring (bicyclic) bond motifs is 1. The molecule has 2 rings (SSSR count). The zero-order valence-corrected chi connectivity index (χ0v) is 16.5. The quantitative estimate of drug-likeness (QED) is 0.688. The van der Waals surface area contributed by atoms with Crippen molar-refractivity contribution in [3.05, 3.63) is 48.2 Å². The van der Waals surface area contributed by atoms with Gasteiger partial charge in [0.05, 0.1) is 12.1 Å². The smallest absolute Gasteiger partial charge is 0.139 e. The summed E-state index contributed by atoms with van der Waals surface area (Å²) in [5.74, 6) is 1.80. The van der Waals surface area contributed by atoms with E-state index in [1.807, 2.05) is 27.8 Å². The van der Waals surface area contributed by atoms with Crippen LogP contribution in [0.1, 0.15) is 59.1 Å². The highest BCUT2D eigenvalue weighted by atomic mass is 16.5. The van der Waals surface area contributed by atoms with E-state index in [1.54, 1.807) is 6.20 Å². The second-order valence-corrected chi connectivity index (χ2v) is 5.30. The van der Waals surface area contributed by atoms with E-state index in [4.69, 9.17) is 4.74 Å². The predicted molar refractivity (Wildman–Crippen MR) is 108 cm³/mol. The fourth-order valence-corrected chi connectivity index (χ4v) is 2.10. The molecule has 0 aliphatic carbocycles. The van der Waals surface area contributed by atoms with Crippen LogP contribution in [0, 0.1) is 0 Å². The normalized spacial score (nSPS) is 15.0. The number of amidine groups is 1. The summed E-state index contributed by atoms with van der Waals surface area (Å²) < 4.78 is 5.85. The number of hydrogen-bond acceptors (Lipinski definition) is 2. The first kappa shape index (κ1) is 22.0. The molecule has 1 aromatic rings. The van der Waals surface area contributed by atoms with Gasteiger partial charge < -0.3 is 9.64 Å². The number of aliphatic imine (C=N–C) groups is 1. The Labute approximate surface area is 148 Å². The molecule has 134 valence electrons. The van der Waals surface area contributed by atoms with Gasteiger partial charge in [-0.3, -0.25) is 0 Å². The van der Waals surface area contributed by atoms with Gasteiger partial charge in [-0.15, -0.1) is 0 Å². The molecule has 1 aromatic carbocycles. The minimum absolute atomic E-state index is 0.665. The van der Waals surface area contributed by atoms with Gasteiger partial charge in [-0.1, -0.05) is 52.8 Å². The molecule has 1 aliphatic heterocycles. The number of benzene rings is 1. The lowest BCUT2D eigenvalue weighted by atomic mass is 10.0. The molecule has 0 radical (unpaired) electrons. The Balaban J connectivity index is 0.000000952. The third-order valence-corrected chi connectivity index (χ3v) is 3.37. The maximum atomic E-state index is 5.85. The molecule has 0 amide bonds.